The molecule has 0 bridgehead atoms. The lowest BCUT2D eigenvalue weighted by Crippen LogP contribution is -2.38. The Bertz CT molecular complexity index is 479. The van der Waals surface area contributed by atoms with E-state index in [1.807, 2.05) is 12.1 Å². The second-order valence-electron chi connectivity index (χ2n) is 5.38. The van der Waals surface area contributed by atoms with Gasteiger partial charge in [-0.15, -0.1) is 0 Å². The number of hydrogen-bond donors (Lipinski definition) is 2. The molecule has 0 spiro atoms. The Morgan fingerprint density at radius 3 is 2.43 bits per heavy atom. The molecule has 5 heteroatoms. The Kier molecular flexibility index (Phi) is 5.60. The minimum atomic E-state index is -0.272. The van der Waals surface area contributed by atoms with Gasteiger partial charge < -0.3 is 15.4 Å². The minimum absolute atomic E-state index is 0.164. The van der Waals surface area contributed by atoms with E-state index in [2.05, 4.69) is 15.4 Å². The summed E-state index contributed by atoms with van der Waals surface area (Å²) in [6.07, 6.45) is 6.00. The number of urea groups is 1. The zero-order valence-electron chi connectivity index (χ0n) is 12.4. The van der Waals surface area contributed by atoms with Crippen molar-refractivity contribution in [3.05, 3.63) is 29.8 Å². The van der Waals surface area contributed by atoms with Gasteiger partial charge in [0.15, 0.2) is 0 Å². The SMILES string of the molecule is COC(=O)Cc1ccc(NC(=O)NC2CCCCC2)cc1. The third-order valence-corrected chi connectivity index (χ3v) is 3.73. The van der Waals surface area contributed by atoms with Crippen molar-refractivity contribution in [2.45, 2.75) is 44.6 Å². The number of carbonyl (C=O) groups is 2. The van der Waals surface area contributed by atoms with Crippen LogP contribution in [0, 0.1) is 0 Å². The summed E-state index contributed by atoms with van der Waals surface area (Å²) in [5.41, 5.74) is 1.58. The molecule has 0 aromatic heterocycles. The molecule has 0 heterocycles. The molecule has 21 heavy (non-hydrogen) atoms. The molecule has 0 saturated heterocycles. The third kappa shape index (κ3) is 5.10. The first-order chi connectivity index (χ1) is 10.2. The fraction of sp³-hybridized carbons (Fsp3) is 0.500. The van der Waals surface area contributed by atoms with Gasteiger partial charge in [-0.25, -0.2) is 4.79 Å². The highest BCUT2D eigenvalue weighted by Crippen LogP contribution is 2.17. The van der Waals surface area contributed by atoms with E-state index in [9.17, 15) is 9.59 Å². The van der Waals surface area contributed by atoms with Crippen LogP contribution in [0.1, 0.15) is 37.7 Å². The molecule has 5 nitrogen and oxygen atoms in total. The Balaban J connectivity index is 1.81. The van der Waals surface area contributed by atoms with Crippen LogP contribution in [-0.2, 0) is 16.0 Å². The van der Waals surface area contributed by atoms with Gasteiger partial charge in [0.25, 0.3) is 0 Å². The van der Waals surface area contributed by atoms with Gasteiger partial charge in [-0.3, -0.25) is 4.79 Å². The smallest absolute Gasteiger partial charge is 0.319 e. The van der Waals surface area contributed by atoms with Gasteiger partial charge in [-0.05, 0) is 30.5 Å². The maximum atomic E-state index is 11.9. The van der Waals surface area contributed by atoms with Crippen LogP contribution in [-0.4, -0.2) is 25.2 Å². The van der Waals surface area contributed by atoms with Gasteiger partial charge in [0.05, 0.1) is 13.5 Å². The molecule has 2 amide bonds. The summed E-state index contributed by atoms with van der Waals surface area (Å²) in [5, 5.41) is 5.82. The fourth-order valence-corrected chi connectivity index (χ4v) is 2.54. The summed E-state index contributed by atoms with van der Waals surface area (Å²) in [6, 6.07) is 7.33. The maximum absolute atomic E-state index is 11.9. The van der Waals surface area contributed by atoms with E-state index in [4.69, 9.17) is 0 Å². The number of benzene rings is 1. The van der Waals surface area contributed by atoms with Crippen molar-refractivity contribution in [1.82, 2.24) is 5.32 Å². The molecule has 2 N–H and O–H groups in total. The van der Waals surface area contributed by atoms with Gasteiger partial charge in [0.1, 0.15) is 0 Å². The fourth-order valence-electron chi connectivity index (χ4n) is 2.54. The van der Waals surface area contributed by atoms with Crippen molar-refractivity contribution in [2.75, 3.05) is 12.4 Å². The molecule has 1 fully saturated rings. The van der Waals surface area contributed by atoms with Crippen LogP contribution in [0.2, 0.25) is 0 Å². The van der Waals surface area contributed by atoms with Crippen molar-refractivity contribution in [1.29, 1.82) is 0 Å². The molecular formula is C16H22N2O3. The summed E-state index contributed by atoms with van der Waals surface area (Å²) in [6.45, 7) is 0. The second-order valence-corrected chi connectivity index (χ2v) is 5.38. The average molecular weight is 290 g/mol. The van der Waals surface area contributed by atoms with E-state index < -0.39 is 0 Å². The van der Waals surface area contributed by atoms with Crippen LogP contribution in [0.25, 0.3) is 0 Å². The van der Waals surface area contributed by atoms with Gasteiger partial charge in [0, 0.05) is 11.7 Å². The number of methoxy groups -OCH3 is 1. The first kappa shape index (κ1) is 15.4. The summed E-state index contributed by atoms with van der Waals surface area (Å²) >= 11 is 0. The van der Waals surface area contributed by atoms with Crippen molar-refractivity contribution >= 4 is 17.7 Å². The highest BCUT2D eigenvalue weighted by Gasteiger charge is 2.15. The van der Waals surface area contributed by atoms with Gasteiger partial charge >= 0.3 is 12.0 Å². The largest absolute Gasteiger partial charge is 0.469 e. The summed E-state index contributed by atoms with van der Waals surface area (Å²) in [4.78, 5) is 23.1. The quantitative estimate of drug-likeness (QED) is 0.838. The standard InChI is InChI=1S/C16H22N2O3/c1-21-15(19)11-12-7-9-14(10-8-12)18-16(20)17-13-5-3-2-4-6-13/h7-10,13H,2-6,11H2,1H3,(H2,17,18,20). The highest BCUT2D eigenvalue weighted by atomic mass is 16.5. The molecule has 0 aliphatic heterocycles. The van der Waals surface area contributed by atoms with Crippen LogP contribution in [0.15, 0.2) is 24.3 Å². The van der Waals surface area contributed by atoms with Gasteiger partial charge in [0.2, 0.25) is 0 Å². The molecule has 0 unspecified atom stereocenters. The van der Waals surface area contributed by atoms with Crippen LogP contribution in [0.5, 0.6) is 0 Å². The molecular weight excluding hydrogens is 268 g/mol. The summed E-state index contributed by atoms with van der Waals surface area (Å²) < 4.78 is 4.61. The monoisotopic (exact) mass is 290 g/mol. The van der Waals surface area contributed by atoms with Gasteiger partial charge in [-0.1, -0.05) is 31.4 Å². The van der Waals surface area contributed by atoms with Crippen LogP contribution in [0.3, 0.4) is 0 Å². The van der Waals surface area contributed by atoms with E-state index in [0.29, 0.717) is 0 Å². The molecule has 0 atom stereocenters. The lowest BCUT2D eigenvalue weighted by Gasteiger charge is -2.22. The predicted molar refractivity (Wildman–Crippen MR) is 81.2 cm³/mol. The third-order valence-electron chi connectivity index (χ3n) is 3.73. The van der Waals surface area contributed by atoms with Gasteiger partial charge in [-0.2, -0.15) is 0 Å². The Morgan fingerprint density at radius 2 is 1.81 bits per heavy atom. The van der Waals surface area contributed by atoms with E-state index >= 15 is 0 Å². The lowest BCUT2D eigenvalue weighted by molar-refractivity contribution is -0.139. The first-order valence-electron chi connectivity index (χ1n) is 7.40. The summed E-state index contributed by atoms with van der Waals surface area (Å²) in [7, 11) is 1.37. The Morgan fingerprint density at radius 1 is 1.14 bits per heavy atom. The van der Waals surface area contributed by atoms with E-state index in [1.54, 1.807) is 12.1 Å². The van der Waals surface area contributed by atoms with Crippen molar-refractivity contribution < 1.29 is 14.3 Å². The van der Waals surface area contributed by atoms with Crippen LogP contribution in [0.4, 0.5) is 10.5 Å². The number of anilines is 1. The van der Waals surface area contributed by atoms with E-state index in [1.165, 1.54) is 26.4 Å². The molecule has 0 radical (unpaired) electrons. The predicted octanol–water partition coefficient (Wildman–Crippen LogP) is 2.86. The maximum Gasteiger partial charge on any atom is 0.319 e. The second kappa shape index (κ2) is 7.67. The number of rotatable bonds is 4. The number of hydrogen-bond acceptors (Lipinski definition) is 3. The number of nitrogens with one attached hydrogen (secondary N) is 2. The van der Waals surface area contributed by atoms with Crippen molar-refractivity contribution in [2.24, 2.45) is 0 Å². The van der Waals surface area contributed by atoms with Crippen LogP contribution >= 0.6 is 0 Å². The average Bonchev–Trinajstić information content (AvgIpc) is 2.50. The van der Waals surface area contributed by atoms with E-state index in [0.717, 1.165) is 24.1 Å². The first-order valence-corrected chi connectivity index (χ1v) is 7.40. The minimum Gasteiger partial charge on any atom is -0.469 e. The highest BCUT2D eigenvalue weighted by molar-refractivity contribution is 5.89. The lowest BCUT2D eigenvalue weighted by atomic mass is 9.96. The Labute approximate surface area is 125 Å². The molecule has 114 valence electrons. The normalized spacial score (nSPS) is 15.3. The topological polar surface area (TPSA) is 67.4 Å². The summed E-state index contributed by atoms with van der Waals surface area (Å²) in [5.74, 6) is -0.272. The molecule has 2 rings (SSSR count). The van der Waals surface area contributed by atoms with Crippen LogP contribution < -0.4 is 10.6 Å². The number of amides is 2. The number of ether oxygens (including phenoxy) is 1. The van der Waals surface area contributed by atoms with Crippen molar-refractivity contribution in [3.8, 4) is 0 Å². The number of esters is 1. The Hall–Kier alpha value is -2.04. The molecule has 1 aliphatic carbocycles. The zero-order chi connectivity index (χ0) is 15.1. The van der Waals surface area contributed by atoms with Crippen molar-refractivity contribution in [3.63, 3.8) is 0 Å². The molecule has 1 aromatic rings. The number of carbonyl (C=O) groups excluding carboxylic acids is 2. The zero-order valence-corrected chi connectivity index (χ0v) is 12.4. The molecule has 1 aromatic carbocycles. The molecule has 1 aliphatic rings. The van der Waals surface area contributed by atoms with E-state index in [-0.39, 0.29) is 24.5 Å². The molecule has 1 saturated carbocycles.